The topological polar surface area (TPSA) is 28.2 Å². The summed E-state index contributed by atoms with van der Waals surface area (Å²) in [6.45, 7) is 9.18. The standard InChI is InChI=1S/C16H23N3S/c1-5-17-9-14-8-12(2)6-7-15(14)19(4)10-16-13(3)18-11-20-16/h6-8,11,17H,5,9-10H2,1-4H3. The molecule has 108 valence electrons. The van der Waals surface area contributed by atoms with E-state index in [-0.39, 0.29) is 0 Å². The van der Waals surface area contributed by atoms with Gasteiger partial charge in [0, 0.05) is 24.2 Å². The van der Waals surface area contributed by atoms with Crippen molar-refractivity contribution in [1.82, 2.24) is 10.3 Å². The number of thiazole rings is 1. The minimum absolute atomic E-state index is 0.915. The normalized spacial score (nSPS) is 10.8. The van der Waals surface area contributed by atoms with Crippen molar-refractivity contribution in [3.05, 3.63) is 45.4 Å². The molecule has 0 atom stereocenters. The lowest BCUT2D eigenvalue weighted by molar-refractivity contribution is 0.722. The Bertz CT molecular complexity index is 563. The van der Waals surface area contributed by atoms with Gasteiger partial charge in [-0.3, -0.25) is 0 Å². The maximum Gasteiger partial charge on any atom is 0.0798 e. The molecule has 0 aliphatic heterocycles. The van der Waals surface area contributed by atoms with Crippen LogP contribution in [0.1, 0.15) is 28.6 Å². The summed E-state index contributed by atoms with van der Waals surface area (Å²) in [5, 5.41) is 3.42. The molecule has 20 heavy (non-hydrogen) atoms. The molecule has 0 saturated heterocycles. The summed E-state index contributed by atoms with van der Waals surface area (Å²) in [5.41, 5.74) is 7.03. The van der Waals surface area contributed by atoms with E-state index in [1.54, 1.807) is 11.3 Å². The number of benzene rings is 1. The molecule has 0 saturated carbocycles. The van der Waals surface area contributed by atoms with Crippen LogP contribution in [0, 0.1) is 13.8 Å². The van der Waals surface area contributed by atoms with Gasteiger partial charge in [0.2, 0.25) is 0 Å². The van der Waals surface area contributed by atoms with Crippen LogP contribution < -0.4 is 10.2 Å². The first-order chi connectivity index (χ1) is 9.61. The number of hydrogen-bond acceptors (Lipinski definition) is 4. The van der Waals surface area contributed by atoms with Gasteiger partial charge in [0.15, 0.2) is 0 Å². The van der Waals surface area contributed by atoms with Crippen molar-refractivity contribution in [1.29, 1.82) is 0 Å². The second-order valence-corrected chi connectivity index (χ2v) is 6.07. The number of nitrogens with one attached hydrogen (secondary N) is 1. The minimum atomic E-state index is 0.915. The molecule has 0 aliphatic carbocycles. The smallest absolute Gasteiger partial charge is 0.0798 e. The molecule has 0 amide bonds. The Morgan fingerprint density at radius 1 is 1.30 bits per heavy atom. The summed E-state index contributed by atoms with van der Waals surface area (Å²) in [7, 11) is 2.15. The molecule has 1 aromatic carbocycles. The Balaban J connectivity index is 2.20. The Kier molecular flexibility index (Phi) is 5.15. The van der Waals surface area contributed by atoms with E-state index >= 15 is 0 Å². The van der Waals surface area contributed by atoms with E-state index in [2.05, 4.69) is 61.2 Å². The van der Waals surface area contributed by atoms with E-state index in [4.69, 9.17) is 0 Å². The number of aryl methyl sites for hydroxylation is 2. The van der Waals surface area contributed by atoms with Crippen molar-refractivity contribution in [2.24, 2.45) is 0 Å². The van der Waals surface area contributed by atoms with Gasteiger partial charge in [-0.25, -0.2) is 4.98 Å². The first-order valence-electron chi connectivity index (χ1n) is 7.02. The lowest BCUT2D eigenvalue weighted by Crippen LogP contribution is -2.20. The van der Waals surface area contributed by atoms with Crippen LogP contribution in [-0.2, 0) is 13.1 Å². The summed E-state index contributed by atoms with van der Waals surface area (Å²) >= 11 is 1.73. The Hall–Kier alpha value is -1.39. The van der Waals surface area contributed by atoms with Gasteiger partial charge in [-0.15, -0.1) is 11.3 Å². The van der Waals surface area contributed by atoms with E-state index in [1.807, 2.05) is 5.51 Å². The number of aromatic nitrogens is 1. The summed E-state index contributed by atoms with van der Waals surface area (Å²) in [5.74, 6) is 0. The maximum absolute atomic E-state index is 4.33. The van der Waals surface area contributed by atoms with Crippen LogP contribution >= 0.6 is 11.3 Å². The lowest BCUT2D eigenvalue weighted by Gasteiger charge is -2.23. The van der Waals surface area contributed by atoms with Gasteiger partial charge in [0.1, 0.15) is 0 Å². The van der Waals surface area contributed by atoms with Gasteiger partial charge in [0.25, 0.3) is 0 Å². The SMILES string of the molecule is CCNCc1cc(C)ccc1N(C)Cc1scnc1C. The van der Waals surface area contributed by atoms with Crippen molar-refractivity contribution in [3.8, 4) is 0 Å². The molecular formula is C16H23N3S. The summed E-state index contributed by atoms with van der Waals surface area (Å²) in [6.07, 6.45) is 0. The molecule has 2 rings (SSSR count). The zero-order chi connectivity index (χ0) is 14.5. The highest BCUT2D eigenvalue weighted by Gasteiger charge is 2.10. The molecule has 0 aliphatic rings. The summed E-state index contributed by atoms with van der Waals surface area (Å²) in [6, 6.07) is 6.67. The predicted molar refractivity (Wildman–Crippen MR) is 87.5 cm³/mol. The van der Waals surface area contributed by atoms with E-state index in [1.165, 1.54) is 21.7 Å². The molecular weight excluding hydrogens is 266 g/mol. The third-order valence-corrected chi connectivity index (χ3v) is 4.36. The van der Waals surface area contributed by atoms with Gasteiger partial charge in [-0.05, 0) is 32.0 Å². The molecule has 4 heteroatoms. The number of nitrogens with zero attached hydrogens (tertiary/aromatic N) is 2. The molecule has 0 fully saturated rings. The van der Waals surface area contributed by atoms with Crippen LogP contribution in [0.5, 0.6) is 0 Å². The molecule has 0 spiro atoms. The highest BCUT2D eigenvalue weighted by Crippen LogP contribution is 2.24. The highest BCUT2D eigenvalue weighted by molar-refractivity contribution is 7.09. The third-order valence-electron chi connectivity index (χ3n) is 3.44. The molecule has 3 nitrogen and oxygen atoms in total. The van der Waals surface area contributed by atoms with Crippen LogP contribution in [0.25, 0.3) is 0 Å². The zero-order valence-electron chi connectivity index (χ0n) is 12.7. The van der Waals surface area contributed by atoms with Crippen molar-refractivity contribution in [2.45, 2.75) is 33.9 Å². The number of rotatable bonds is 6. The highest BCUT2D eigenvalue weighted by atomic mass is 32.1. The summed E-state index contributed by atoms with van der Waals surface area (Å²) in [4.78, 5) is 7.98. The third kappa shape index (κ3) is 3.58. The molecule has 1 heterocycles. The van der Waals surface area contributed by atoms with Gasteiger partial charge >= 0.3 is 0 Å². The second-order valence-electron chi connectivity index (χ2n) is 5.13. The molecule has 0 bridgehead atoms. The van der Waals surface area contributed by atoms with Gasteiger partial charge in [-0.2, -0.15) is 0 Å². The van der Waals surface area contributed by atoms with Crippen LogP contribution in [-0.4, -0.2) is 18.6 Å². The fraction of sp³-hybridized carbons (Fsp3) is 0.438. The Morgan fingerprint density at radius 2 is 2.10 bits per heavy atom. The van der Waals surface area contributed by atoms with Crippen molar-refractivity contribution in [2.75, 3.05) is 18.5 Å². The Labute approximate surface area is 125 Å². The average Bonchev–Trinajstić information content (AvgIpc) is 2.82. The molecule has 2 aromatic rings. The number of anilines is 1. The number of hydrogen-bond donors (Lipinski definition) is 1. The minimum Gasteiger partial charge on any atom is -0.369 e. The van der Waals surface area contributed by atoms with E-state index in [0.29, 0.717) is 0 Å². The second kappa shape index (κ2) is 6.86. The predicted octanol–water partition coefficient (Wildman–Crippen LogP) is 3.51. The monoisotopic (exact) mass is 289 g/mol. The maximum atomic E-state index is 4.33. The van der Waals surface area contributed by atoms with Crippen LogP contribution in [0.2, 0.25) is 0 Å². The van der Waals surface area contributed by atoms with Crippen LogP contribution in [0.15, 0.2) is 23.7 Å². The Morgan fingerprint density at radius 3 is 2.75 bits per heavy atom. The van der Waals surface area contributed by atoms with Crippen molar-refractivity contribution >= 4 is 17.0 Å². The largest absolute Gasteiger partial charge is 0.369 e. The van der Waals surface area contributed by atoms with Crippen LogP contribution in [0.4, 0.5) is 5.69 Å². The van der Waals surface area contributed by atoms with E-state index in [9.17, 15) is 0 Å². The lowest BCUT2D eigenvalue weighted by atomic mass is 10.1. The summed E-state index contributed by atoms with van der Waals surface area (Å²) < 4.78 is 0. The van der Waals surface area contributed by atoms with Gasteiger partial charge in [0.05, 0.1) is 17.7 Å². The first kappa shape index (κ1) is 15.0. The average molecular weight is 289 g/mol. The molecule has 0 unspecified atom stereocenters. The molecule has 0 radical (unpaired) electrons. The van der Waals surface area contributed by atoms with Crippen molar-refractivity contribution in [3.63, 3.8) is 0 Å². The first-order valence-corrected chi connectivity index (χ1v) is 7.90. The quantitative estimate of drug-likeness (QED) is 0.882. The van der Waals surface area contributed by atoms with Gasteiger partial charge < -0.3 is 10.2 Å². The zero-order valence-corrected chi connectivity index (χ0v) is 13.5. The van der Waals surface area contributed by atoms with E-state index < -0.39 is 0 Å². The fourth-order valence-corrected chi connectivity index (χ4v) is 3.10. The van der Waals surface area contributed by atoms with Gasteiger partial charge in [-0.1, -0.05) is 24.6 Å². The van der Waals surface area contributed by atoms with Crippen molar-refractivity contribution < 1.29 is 0 Å². The van der Waals surface area contributed by atoms with E-state index in [0.717, 1.165) is 25.3 Å². The van der Waals surface area contributed by atoms with Crippen LogP contribution in [0.3, 0.4) is 0 Å². The molecule has 1 N–H and O–H groups in total. The fourth-order valence-electron chi connectivity index (χ4n) is 2.27. The molecule has 1 aromatic heterocycles.